The molecule has 0 aromatic heterocycles. The second-order valence-electron chi connectivity index (χ2n) is 0.999. The largest absolute Gasteiger partial charge is 0.396 e. The molecule has 0 saturated carbocycles. The summed E-state index contributed by atoms with van der Waals surface area (Å²) >= 11 is 0. The standard InChI is InChI=1S/C4H5O3/c5-2-1-4(7)3-6/h5H,1-2H2. The molecule has 0 aromatic rings. The molecule has 0 unspecified atom stereocenters. The molecule has 0 atom stereocenters. The number of carbonyl (C=O) groups excluding carboxylic acids is 2. The van der Waals surface area contributed by atoms with E-state index >= 15 is 0 Å². The molecule has 0 fully saturated rings. The molecule has 3 heteroatoms. The molecular weight excluding hydrogens is 96.0 g/mol. The highest BCUT2D eigenvalue weighted by atomic mass is 16.3. The van der Waals surface area contributed by atoms with Gasteiger partial charge in [-0.1, -0.05) is 0 Å². The molecule has 0 aromatic carbocycles. The van der Waals surface area contributed by atoms with Gasteiger partial charge in [0, 0.05) is 6.42 Å². The first-order valence-electron chi connectivity index (χ1n) is 1.83. The van der Waals surface area contributed by atoms with Crippen LogP contribution < -0.4 is 0 Å². The second kappa shape index (κ2) is 3.49. The molecule has 0 amide bonds. The molecule has 3 nitrogen and oxygen atoms in total. The van der Waals surface area contributed by atoms with E-state index in [1.807, 2.05) is 0 Å². The Morgan fingerprint density at radius 2 is 2.29 bits per heavy atom. The molecular formula is C4H5O3. The molecule has 39 valence electrons. The third kappa shape index (κ3) is 3.12. The molecule has 0 rings (SSSR count). The van der Waals surface area contributed by atoms with Crippen LogP contribution in [0.5, 0.6) is 0 Å². The van der Waals surface area contributed by atoms with E-state index in [0.717, 1.165) is 6.29 Å². The van der Waals surface area contributed by atoms with Gasteiger partial charge in [-0.15, -0.1) is 0 Å². The summed E-state index contributed by atoms with van der Waals surface area (Å²) in [5.41, 5.74) is 0. The molecule has 0 bridgehead atoms. The zero-order valence-electron chi connectivity index (χ0n) is 3.68. The molecule has 0 aliphatic carbocycles. The third-order valence-corrected chi connectivity index (χ3v) is 0.453. The Hall–Kier alpha value is -0.700. The van der Waals surface area contributed by atoms with E-state index in [1.165, 1.54) is 0 Å². The van der Waals surface area contributed by atoms with Crippen LogP contribution in [0, 0.1) is 0 Å². The maximum absolute atomic E-state index is 9.83. The van der Waals surface area contributed by atoms with Crippen LogP contribution in [0.2, 0.25) is 0 Å². The van der Waals surface area contributed by atoms with E-state index in [2.05, 4.69) is 0 Å². The molecule has 7 heavy (non-hydrogen) atoms. The average Bonchev–Trinajstić information content (AvgIpc) is 1.68. The minimum atomic E-state index is -0.678. The Morgan fingerprint density at radius 1 is 1.71 bits per heavy atom. The quantitative estimate of drug-likeness (QED) is 0.466. The van der Waals surface area contributed by atoms with Crippen LogP contribution in [-0.2, 0) is 9.59 Å². The lowest BCUT2D eigenvalue weighted by Gasteiger charge is -1.78. The second-order valence-corrected chi connectivity index (χ2v) is 0.999. The lowest BCUT2D eigenvalue weighted by Crippen LogP contribution is -2.00. The summed E-state index contributed by atoms with van der Waals surface area (Å²) in [6, 6.07) is 0. The van der Waals surface area contributed by atoms with Gasteiger partial charge in [0.1, 0.15) is 0 Å². The predicted molar refractivity (Wildman–Crippen MR) is 22.4 cm³/mol. The Morgan fingerprint density at radius 3 is 2.43 bits per heavy atom. The van der Waals surface area contributed by atoms with Crippen molar-refractivity contribution in [2.45, 2.75) is 6.42 Å². The van der Waals surface area contributed by atoms with Crippen molar-refractivity contribution in [3.8, 4) is 0 Å². The first-order valence-corrected chi connectivity index (χ1v) is 1.83. The van der Waals surface area contributed by atoms with Gasteiger partial charge in [-0.3, -0.25) is 9.59 Å². The highest BCUT2D eigenvalue weighted by molar-refractivity contribution is 6.25. The summed E-state index contributed by atoms with van der Waals surface area (Å²) in [5, 5.41) is 7.97. The summed E-state index contributed by atoms with van der Waals surface area (Å²) in [6.07, 6.45) is 1.01. The van der Waals surface area contributed by atoms with Crippen molar-refractivity contribution in [2.24, 2.45) is 0 Å². The van der Waals surface area contributed by atoms with Crippen molar-refractivity contribution < 1.29 is 14.7 Å². The maximum Gasteiger partial charge on any atom is 0.272 e. The number of aliphatic hydroxyl groups is 1. The van der Waals surface area contributed by atoms with Crippen molar-refractivity contribution in [1.29, 1.82) is 0 Å². The van der Waals surface area contributed by atoms with E-state index in [0.29, 0.717) is 0 Å². The van der Waals surface area contributed by atoms with Crippen LogP contribution >= 0.6 is 0 Å². The van der Waals surface area contributed by atoms with Crippen LogP contribution in [-0.4, -0.2) is 23.8 Å². The van der Waals surface area contributed by atoms with E-state index in [4.69, 9.17) is 5.11 Å². The summed E-state index contributed by atoms with van der Waals surface area (Å²) < 4.78 is 0. The highest BCUT2D eigenvalue weighted by Gasteiger charge is 1.95. The maximum atomic E-state index is 9.83. The lowest BCUT2D eigenvalue weighted by molar-refractivity contribution is -0.113. The number of Topliss-reactive ketones (excluding diaryl/α,β-unsaturated/α-hetero) is 1. The SMILES string of the molecule is O=[C]C(=O)CCO. The van der Waals surface area contributed by atoms with Crippen molar-refractivity contribution >= 4 is 12.1 Å². The average molecular weight is 101 g/mol. The normalized spacial score (nSPS) is 8.14. The van der Waals surface area contributed by atoms with E-state index in [1.54, 1.807) is 0 Å². The molecule has 1 radical (unpaired) electrons. The number of hydrogen-bond acceptors (Lipinski definition) is 3. The first kappa shape index (κ1) is 6.30. The predicted octanol–water partition coefficient (Wildman–Crippen LogP) is -0.952. The van der Waals surface area contributed by atoms with Gasteiger partial charge in [-0.05, 0) is 0 Å². The molecule has 0 heterocycles. The van der Waals surface area contributed by atoms with E-state index in [-0.39, 0.29) is 13.0 Å². The summed E-state index contributed by atoms with van der Waals surface area (Å²) in [7, 11) is 0. The van der Waals surface area contributed by atoms with Crippen molar-refractivity contribution in [3.05, 3.63) is 0 Å². The number of hydrogen-bond donors (Lipinski definition) is 1. The fraction of sp³-hybridized carbons (Fsp3) is 0.500. The minimum absolute atomic E-state index is 0.108. The molecule has 0 spiro atoms. The number of rotatable bonds is 3. The van der Waals surface area contributed by atoms with Gasteiger partial charge in [0.15, 0.2) is 0 Å². The molecule has 1 N–H and O–H groups in total. The fourth-order valence-electron chi connectivity index (χ4n) is 0.153. The highest BCUT2D eigenvalue weighted by Crippen LogP contribution is 1.72. The minimum Gasteiger partial charge on any atom is -0.396 e. The number of carbonyl (C=O) groups is 1. The van der Waals surface area contributed by atoms with E-state index in [9.17, 15) is 9.59 Å². The summed E-state index contributed by atoms with van der Waals surface area (Å²) in [6.45, 7) is -0.270. The van der Waals surface area contributed by atoms with Crippen molar-refractivity contribution in [1.82, 2.24) is 0 Å². The van der Waals surface area contributed by atoms with Gasteiger partial charge >= 0.3 is 0 Å². The van der Waals surface area contributed by atoms with E-state index < -0.39 is 5.78 Å². The van der Waals surface area contributed by atoms with Gasteiger partial charge in [0.2, 0.25) is 5.78 Å². The first-order chi connectivity index (χ1) is 3.31. The van der Waals surface area contributed by atoms with Crippen LogP contribution in [0.3, 0.4) is 0 Å². The van der Waals surface area contributed by atoms with Crippen LogP contribution in [0.25, 0.3) is 0 Å². The summed E-state index contributed by atoms with van der Waals surface area (Å²) in [4.78, 5) is 19.1. The zero-order valence-corrected chi connectivity index (χ0v) is 3.68. The molecule has 0 saturated heterocycles. The zero-order chi connectivity index (χ0) is 5.70. The van der Waals surface area contributed by atoms with Crippen molar-refractivity contribution in [2.75, 3.05) is 6.61 Å². The lowest BCUT2D eigenvalue weighted by atomic mass is 10.3. The fourth-order valence-corrected chi connectivity index (χ4v) is 0.153. The Kier molecular flexibility index (Phi) is 3.14. The van der Waals surface area contributed by atoms with Gasteiger partial charge in [0.05, 0.1) is 6.61 Å². The Balaban J connectivity index is 3.17. The van der Waals surface area contributed by atoms with Gasteiger partial charge < -0.3 is 5.11 Å². The third-order valence-electron chi connectivity index (χ3n) is 0.453. The van der Waals surface area contributed by atoms with Crippen LogP contribution in [0.4, 0.5) is 0 Å². The van der Waals surface area contributed by atoms with Crippen molar-refractivity contribution in [3.63, 3.8) is 0 Å². The summed E-state index contributed by atoms with van der Waals surface area (Å²) in [5.74, 6) is -0.678. The molecule has 0 aliphatic rings. The van der Waals surface area contributed by atoms with Gasteiger partial charge in [-0.25, -0.2) is 0 Å². The number of ketones is 1. The Bertz CT molecular complexity index is 77.0. The Labute approximate surface area is 41.0 Å². The monoisotopic (exact) mass is 101 g/mol. The van der Waals surface area contributed by atoms with Crippen LogP contribution in [0.15, 0.2) is 0 Å². The number of aliphatic hydroxyl groups excluding tert-OH is 1. The van der Waals surface area contributed by atoms with Crippen LogP contribution in [0.1, 0.15) is 6.42 Å². The molecule has 0 aliphatic heterocycles. The van der Waals surface area contributed by atoms with Gasteiger partial charge in [-0.2, -0.15) is 0 Å². The van der Waals surface area contributed by atoms with Gasteiger partial charge in [0.25, 0.3) is 6.29 Å². The topological polar surface area (TPSA) is 54.4 Å². The smallest absolute Gasteiger partial charge is 0.272 e.